The predicted octanol–water partition coefficient (Wildman–Crippen LogP) is 1.06. The summed E-state index contributed by atoms with van der Waals surface area (Å²) in [6, 6.07) is 0.418. The maximum absolute atomic E-state index is 11.7. The van der Waals surface area contributed by atoms with E-state index in [9.17, 15) is 9.59 Å². The van der Waals surface area contributed by atoms with Gasteiger partial charge in [-0.15, -0.1) is 0 Å². The minimum absolute atomic E-state index is 0.0172. The van der Waals surface area contributed by atoms with Crippen LogP contribution >= 0.6 is 0 Å². The van der Waals surface area contributed by atoms with Gasteiger partial charge in [0.25, 0.3) is 0 Å². The zero-order valence-corrected chi connectivity index (χ0v) is 9.87. The summed E-state index contributed by atoms with van der Waals surface area (Å²) in [7, 11) is 0. The summed E-state index contributed by atoms with van der Waals surface area (Å²) in [6.07, 6.45) is 6.03. The molecule has 0 radical (unpaired) electrons. The van der Waals surface area contributed by atoms with Crippen LogP contribution in [-0.4, -0.2) is 35.3 Å². The standard InChI is InChI=1S/C12H20N2O2/c1-9(15)13-10-5-2-3-6-11(10)14-8-4-7-12(14)16/h10-11H,2-8H2,1H3,(H,13,15). The molecule has 2 rings (SSSR count). The number of carbonyl (C=O) groups excluding carboxylic acids is 2. The van der Waals surface area contributed by atoms with E-state index in [1.54, 1.807) is 6.92 Å². The monoisotopic (exact) mass is 224 g/mol. The van der Waals surface area contributed by atoms with Crippen molar-refractivity contribution in [1.29, 1.82) is 0 Å². The molecule has 4 heteroatoms. The zero-order valence-electron chi connectivity index (χ0n) is 9.87. The Kier molecular flexibility index (Phi) is 3.46. The highest BCUT2D eigenvalue weighted by Crippen LogP contribution is 2.26. The highest BCUT2D eigenvalue weighted by Gasteiger charge is 2.35. The van der Waals surface area contributed by atoms with Gasteiger partial charge >= 0.3 is 0 Å². The first-order valence-electron chi connectivity index (χ1n) is 6.25. The number of hydrogen-bond acceptors (Lipinski definition) is 2. The fourth-order valence-corrected chi connectivity index (χ4v) is 2.93. The van der Waals surface area contributed by atoms with Crippen molar-refractivity contribution in [3.63, 3.8) is 0 Å². The maximum atomic E-state index is 11.7. The van der Waals surface area contributed by atoms with Crippen LogP contribution in [0.15, 0.2) is 0 Å². The number of nitrogens with one attached hydrogen (secondary N) is 1. The van der Waals surface area contributed by atoms with Crippen molar-refractivity contribution in [3.8, 4) is 0 Å². The second kappa shape index (κ2) is 4.85. The van der Waals surface area contributed by atoms with Gasteiger partial charge in [0.2, 0.25) is 11.8 Å². The molecule has 1 N–H and O–H groups in total. The van der Waals surface area contributed by atoms with Gasteiger partial charge in [-0.3, -0.25) is 9.59 Å². The van der Waals surface area contributed by atoms with E-state index >= 15 is 0 Å². The van der Waals surface area contributed by atoms with Gasteiger partial charge < -0.3 is 10.2 Å². The third-order valence-electron chi connectivity index (χ3n) is 3.63. The first-order chi connectivity index (χ1) is 7.68. The van der Waals surface area contributed by atoms with Gasteiger partial charge in [-0.1, -0.05) is 12.8 Å². The molecule has 1 aliphatic carbocycles. The number of amides is 2. The van der Waals surface area contributed by atoms with Gasteiger partial charge in [0.15, 0.2) is 0 Å². The molecule has 4 nitrogen and oxygen atoms in total. The molecule has 16 heavy (non-hydrogen) atoms. The predicted molar refractivity (Wildman–Crippen MR) is 60.8 cm³/mol. The first kappa shape index (κ1) is 11.4. The van der Waals surface area contributed by atoms with E-state index in [4.69, 9.17) is 0 Å². The van der Waals surface area contributed by atoms with E-state index in [1.165, 1.54) is 6.42 Å². The van der Waals surface area contributed by atoms with Gasteiger partial charge in [-0.2, -0.15) is 0 Å². The van der Waals surface area contributed by atoms with E-state index in [2.05, 4.69) is 5.32 Å². The molecule has 1 saturated carbocycles. The Morgan fingerprint density at radius 1 is 1.31 bits per heavy atom. The molecule has 2 unspecified atom stereocenters. The molecule has 2 amide bonds. The van der Waals surface area contributed by atoms with Crippen molar-refractivity contribution in [3.05, 3.63) is 0 Å². The maximum Gasteiger partial charge on any atom is 0.222 e. The van der Waals surface area contributed by atoms with Crippen LogP contribution in [0.2, 0.25) is 0 Å². The summed E-state index contributed by atoms with van der Waals surface area (Å²) < 4.78 is 0. The van der Waals surface area contributed by atoms with Gasteiger partial charge in [0.1, 0.15) is 0 Å². The third kappa shape index (κ3) is 2.36. The summed E-state index contributed by atoms with van der Waals surface area (Å²) in [5.74, 6) is 0.283. The van der Waals surface area contributed by atoms with Gasteiger partial charge in [-0.25, -0.2) is 0 Å². The van der Waals surface area contributed by atoms with Crippen molar-refractivity contribution in [2.75, 3.05) is 6.54 Å². The Hall–Kier alpha value is -1.06. The normalized spacial score (nSPS) is 30.6. The van der Waals surface area contributed by atoms with Crippen LogP contribution in [0.25, 0.3) is 0 Å². The Bertz CT molecular complexity index is 291. The van der Waals surface area contributed by atoms with Crippen molar-refractivity contribution < 1.29 is 9.59 Å². The lowest BCUT2D eigenvalue weighted by Gasteiger charge is -2.38. The van der Waals surface area contributed by atoms with E-state index in [1.807, 2.05) is 4.90 Å². The zero-order chi connectivity index (χ0) is 11.5. The van der Waals surface area contributed by atoms with Crippen molar-refractivity contribution in [2.45, 2.75) is 57.5 Å². The number of nitrogens with zero attached hydrogens (tertiary/aromatic N) is 1. The average molecular weight is 224 g/mol. The molecule has 0 aromatic heterocycles. The topological polar surface area (TPSA) is 49.4 Å². The lowest BCUT2D eigenvalue weighted by molar-refractivity contribution is -0.132. The van der Waals surface area contributed by atoms with Crippen LogP contribution < -0.4 is 5.32 Å². The van der Waals surface area contributed by atoms with Crippen LogP contribution in [0.4, 0.5) is 0 Å². The molecule has 90 valence electrons. The van der Waals surface area contributed by atoms with Gasteiger partial charge in [0.05, 0.1) is 6.04 Å². The first-order valence-corrected chi connectivity index (χ1v) is 6.25. The highest BCUT2D eigenvalue weighted by molar-refractivity contribution is 5.79. The van der Waals surface area contributed by atoms with Crippen LogP contribution in [0, 0.1) is 0 Å². The van der Waals surface area contributed by atoms with E-state index in [-0.39, 0.29) is 23.9 Å². The fourth-order valence-electron chi connectivity index (χ4n) is 2.93. The number of hydrogen-bond donors (Lipinski definition) is 1. The molecule has 0 spiro atoms. The Labute approximate surface area is 96.4 Å². The van der Waals surface area contributed by atoms with E-state index < -0.39 is 0 Å². The Morgan fingerprint density at radius 2 is 2.06 bits per heavy atom. The molecule has 0 bridgehead atoms. The summed E-state index contributed by atoms with van der Waals surface area (Å²) in [4.78, 5) is 24.8. The lowest BCUT2D eigenvalue weighted by Crippen LogP contribution is -2.53. The molecule has 2 fully saturated rings. The van der Waals surface area contributed by atoms with Crippen LogP contribution in [-0.2, 0) is 9.59 Å². The van der Waals surface area contributed by atoms with Crippen LogP contribution in [0.1, 0.15) is 45.4 Å². The molecular weight excluding hydrogens is 204 g/mol. The molecular formula is C12H20N2O2. The molecule has 2 aliphatic rings. The quantitative estimate of drug-likeness (QED) is 0.762. The second-order valence-electron chi connectivity index (χ2n) is 4.85. The summed E-state index contributed by atoms with van der Waals surface area (Å²) in [5.41, 5.74) is 0. The summed E-state index contributed by atoms with van der Waals surface area (Å²) in [5, 5.41) is 3.00. The van der Waals surface area contributed by atoms with Crippen LogP contribution in [0.3, 0.4) is 0 Å². The lowest BCUT2D eigenvalue weighted by atomic mass is 9.89. The van der Waals surface area contributed by atoms with Crippen LogP contribution in [0.5, 0.6) is 0 Å². The third-order valence-corrected chi connectivity index (χ3v) is 3.63. The fraction of sp³-hybridized carbons (Fsp3) is 0.833. The van der Waals surface area contributed by atoms with Gasteiger partial charge in [0, 0.05) is 25.9 Å². The minimum atomic E-state index is 0.0172. The molecule has 1 heterocycles. The highest BCUT2D eigenvalue weighted by atomic mass is 16.2. The van der Waals surface area contributed by atoms with Gasteiger partial charge in [-0.05, 0) is 19.3 Å². The molecule has 0 aromatic carbocycles. The van der Waals surface area contributed by atoms with Crippen molar-refractivity contribution in [1.82, 2.24) is 10.2 Å². The Balaban J connectivity index is 2.03. The summed E-state index contributed by atoms with van der Waals surface area (Å²) >= 11 is 0. The minimum Gasteiger partial charge on any atom is -0.352 e. The second-order valence-corrected chi connectivity index (χ2v) is 4.85. The molecule has 0 aromatic rings. The molecule has 1 aliphatic heterocycles. The smallest absolute Gasteiger partial charge is 0.222 e. The summed E-state index contributed by atoms with van der Waals surface area (Å²) in [6.45, 7) is 2.43. The average Bonchev–Trinajstić information content (AvgIpc) is 2.64. The van der Waals surface area contributed by atoms with Crippen molar-refractivity contribution >= 4 is 11.8 Å². The van der Waals surface area contributed by atoms with Crippen molar-refractivity contribution in [2.24, 2.45) is 0 Å². The molecule has 1 saturated heterocycles. The number of likely N-dealkylation sites (tertiary alicyclic amines) is 1. The Morgan fingerprint density at radius 3 is 2.69 bits per heavy atom. The van der Waals surface area contributed by atoms with E-state index in [0.717, 1.165) is 32.2 Å². The van der Waals surface area contributed by atoms with E-state index in [0.29, 0.717) is 6.42 Å². The molecule has 2 atom stereocenters. The number of rotatable bonds is 2. The SMILES string of the molecule is CC(=O)NC1CCCCC1N1CCCC1=O. The number of carbonyl (C=O) groups is 2. The largest absolute Gasteiger partial charge is 0.352 e.